The summed E-state index contributed by atoms with van der Waals surface area (Å²) in [5, 5.41) is 5.92. The highest BCUT2D eigenvalue weighted by molar-refractivity contribution is 7.08. The smallest absolute Gasteiger partial charge is 0.252 e. The molecule has 0 bridgehead atoms. The lowest BCUT2D eigenvalue weighted by Crippen LogP contribution is -2.12. The van der Waals surface area contributed by atoms with Gasteiger partial charge in [-0.05, 0) is 57.1 Å². The molecule has 4 nitrogen and oxygen atoms in total. The van der Waals surface area contributed by atoms with Crippen molar-refractivity contribution < 1.29 is 14.3 Å². The van der Waals surface area contributed by atoms with Crippen LogP contribution in [0, 0.1) is 0 Å². The Kier molecular flexibility index (Phi) is 5.14. The number of nitrogens with two attached hydrogens (primary N) is 1. The van der Waals surface area contributed by atoms with E-state index in [1.807, 2.05) is 53.2 Å². The first-order chi connectivity index (χ1) is 14.0. The van der Waals surface area contributed by atoms with Crippen molar-refractivity contribution in [2.75, 3.05) is 7.11 Å². The Morgan fingerprint density at radius 3 is 2.38 bits per heavy atom. The van der Waals surface area contributed by atoms with Gasteiger partial charge in [-0.2, -0.15) is 11.3 Å². The molecule has 0 unspecified atom stereocenters. The standard InChI is InChI=1S/C24H19NO3S/c1-28-23-7-6-19(13-21(23)24(25)27)18-5-4-16-10-15(2-3-17(16)12-18)11-22(26)20-8-9-29-14-20/h2-10,12-14H,11H2,1H3,(H2,25,27). The van der Waals surface area contributed by atoms with Crippen LogP contribution in [0.15, 0.2) is 71.4 Å². The number of rotatable bonds is 6. The predicted octanol–water partition coefficient (Wildman–Crippen LogP) is 5.10. The topological polar surface area (TPSA) is 69.4 Å². The zero-order chi connectivity index (χ0) is 20.4. The highest BCUT2D eigenvalue weighted by Gasteiger charge is 2.12. The Hall–Kier alpha value is -3.44. The van der Waals surface area contributed by atoms with Gasteiger partial charge in [-0.3, -0.25) is 9.59 Å². The zero-order valence-corrected chi connectivity index (χ0v) is 16.7. The van der Waals surface area contributed by atoms with Crippen LogP contribution in [-0.4, -0.2) is 18.8 Å². The minimum atomic E-state index is -0.524. The van der Waals surface area contributed by atoms with Crippen LogP contribution in [0.2, 0.25) is 0 Å². The molecule has 0 aliphatic carbocycles. The van der Waals surface area contributed by atoms with Gasteiger partial charge in [0.25, 0.3) is 5.91 Å². The van der Waals surface area contributed by atoms with Crippen molar-refractivity contribution in [2.24, 2.45) is 5.73 Å². The second kappa shape index (κ2) is 7.89. The van der Waals surface area contributed by atoms with E-state index in [1.54, 1.807) is 12.1 Å². The summed E-state index contributed by atoms with van der Waals surface area (Å²) in [4.78, 5) is 24.1. The van der Waals surface area contributed by atoms with Crippen molar-refractivity contribution in [3.05, 3.63) is 88.1 Å². The molecule has 144 valence electrons. The van der Waals surface area contributed by atoms with Crippen molar-refractivity contribution in [1.29, 1.82) is 0 Å². The molecule has 0 aliphatic heterocycles. The fourth-order valence-corrected chi connectivity index (χ4v) is 4.04. The van der Waals surface area contributed by atoms with E-state index >= 15 is 0 Å². The van der Waals surface area contributed by atoms with Gasteiger partial charge in [0.15, 0.2) is 5.78 Å². The van der Waals surface area contributed by atoms with Crippen LogP contribution >= 0.6 is 11.3 Å². The third-order valence-corrected chi connectivity index (χ3v) is 5.59. The van der Waals surface area contributed by atoms with Gasteiger partial charge in [0.05, 0.1) is 12.7 Å². The maximum absolute atomic E-state index is 12.3. The molecule has 0 atom stereocenters. The number of hydrogen-bond acceptors (Lipinski definition) is 4. The molecule has 1 heterocycles. The second-order valence-electron chi connectivity index (χ2n) is 6.79. The summed E-state index contributed by atoms with van der Waals surface area (Å²) in [6.07, 6.45) is 0.384. The van der Waals surface area contributed by atoms with Gasteiger partial charge in [-0.1, -0.05) is 36.4 Å². The Bertz CT molecular complexity index is 1210. The highest BCUT2D eigenvalue weighted by atomic mass is 32.1. The summed E-state index contributed by atoms with van der Waals surface area (Å²) >= 11 is 1.53. The van der Waals surface area contributed by atoms with E-state index in [-0.39, 0.29) is 5.78 Å². The Morgan fingerprint density at radius 2 is 1.66 bits per heavy atom. The van der Waals surface area contributed by atoms with E-state index in [0.29, 0.717) is 17.7 Å². The minimum absolute atomic E-state index is 0.124. The van der Waals surface area contributed by atoms with Crippen LogP contribution in [0.25, 0.3) is 21.9 Å². The first-order valence-corrected chi connectivity index (χ1v) is 10.1. The summed E-state index contributed by atoms with van der Waals surface area (Å²) < 4.78 is 5.21. The monoisotopic (exact) mass is 401 g/mol. The van der Waals surface area contributed by atoms with Gasteiger partial charge in [0.2, 0.25) is 0 Å². The Balaban J connectivity index is 1.64. The van der Waals surface area contributed by atoms with E-state index in [1.165, 1.54) is 18.4 Å². The summed E-state index contributed by atoms with van der Waals surface area (Å²) in [7, 11) is 1.51. The highest BCUT2D eigenvalue weighted by Crippen LogP contribution is 2.29. The van der Waals surface area contributed by atoms with Crippen molar-refractivity contribution in [1.82, 2.24) is 0 Å². The van der Waals surface area contributed by atoms with E-state index in [9.17, 15) is 9.59 Å². The Labute approximate surface area is 172 Å². The molecule has 0 aliphatic rings. The number of carbonyl (C=O) groups excluding carboxylic acids is 2. The third-order valence-electron chi connectivity index (χ3n) is 4.91. The molecule has 0 fully saturated rings. The van der Waals surface area contributed by atoms with E-state index < -0.39 is 5.91 Å². The first-order valence-electron chi connectivity index (χ1n) is 9.11. The van der Waals surface area contributed by atoms with E-state index in [2.05, 4.69) is 6.07 Å². The van der Waals surface area contributed by atoms with Crippen molar-refractivity contribution in [2.45, 2.75) is 6.42 Å². The summed E-state index contributed by atoms with van der Waals surface area (Å²) in [5.74, 6) is 0.0609. The van der Waals surface area contributed by atoms with Crippen molar-refractivity contribution in [3.8, 4) is 16.9 Å². The number of hydrogen-bond donors (Lipinski definition) is 1. The number of primary amides is 1. The third kappa shape index (κ3) is 3.91. The normalized spacial score (nSPS) is 10.8. The molecule has 0 saturated carbocycles. The minimum Gasteiger partial charge on any atom is -0.496 e. The van der Waals surface area contributed by atoms with Crippen LogP contribution in [0.1, 0.15) is 26.3 Å². The summed E-state index contributed by atoms with van der Waals surface area (Å²) in [6, 6.07) is 19.4. The van der Waals surface area contributed by atoms with Crippen LogP contribution in [0.3, 0.4) is 0 Å². The molecular weight excluding hydrogens is 382 g/mol. The molecule has 4 rings (SSSR count). The lowest BCUT2D eigenvalue weighted by molar-refractivity contribution is 0.0986. The molecule has 4 aromatic rings. The number of Topliss-reactive ketones (excluding diaryl/α,β-unsaturated/α-hetero) is 1. The van der Waals surface area contributed by atoms with Gasteiger partial charge in [-0.25, -0.2) is 0 Å². The number of amides is 1. The maximum Gasteiger partial charge on any atom is 0.252 e. The van der Waals surface area contributed by atoms with Crippen molar-refractivity contribution >= 4 is 33.8 Å². The zero-order valence-electron chi connectivity index (χ0n) is 15.8. The molecule has 2 N–H and O–H groups in total. The molecular formula is C24H19NO3S. The fraction of sp³-hybridized carbons (Fsp3) is 0.0833. The van der Waals surface area contributed by atoms with Gasteiger partial charge < -0.3 is 10.5 Å². The largest absolute Gasteiger partial charge is 0.496 e. The van der Waals surface area contributed by atoms with Gasteiger partial charge in [0, 0.05) is 17.4 Å². The predicted molar refractivity (Wildman–Crippen MR) is 117 cm³/mol. The van der Waals surface area contributed by atoms with E-state index in [0.717, 1.165) is 33.0 Å². The average molecular weight is 401 g/mol. The molecule has 0 radical (unpaired) electrons. The quantitative estimate of drug-likeness (QED) is 0.457. The van der Waals surface area contributed by atoms with Crippen LogP contribution < -0.4 is 10.5 Å². The first kappa shape index (κ1) is 18.9. The fourth-order valence-electron chi connectivity index (χ4n) is 3.38. The number of methoxy groups -OCH3 is 1. The van der Waals surface area contributed by atoms with Crippen LogP contribution in [-0.2, 0) is 6.42 Å². The lowest BCUT2D eigenvalue weighted by atomic mass is 9.97. The molecule has 3 aromatic carbocycles. The van der Waals surface area contributed by atoms with E-state index in [4.69, 9.17) is 10.5 Å². The molecule has 0 spiro atoms. The number of fused-ring (bicyclic) bond motifs is 1. The molecule has 0 saturated heterocycles. The van der Waals surface area contributed by atoms with Gasteiger partial charge in [-0.15, -0.1) is 0 Å². The van der Waals surface area contributed by atoms with Crippen LogP contribution in [0.5, 0.6) is 5.75 Å². The number of benzene rings is 3. The van der Waals surface area contributed by atoms with Crippen LogP contribution in [0.4, 0.5) is 0 Å². The molecule has 1 amide bonds. The second-order valence-corrected chi connectivity index (χ2v) is 7.57. The number of carbonyl (C=O) groups is 2. The lowest BCUT2D eigenvalue weighted by Gasteiger charge is -2.10. The molecule has 5 heteroatoms. The summed E-state index contributed by atoms with van der Waals surface area (Å²) in [5.41, 5.74) is 9.44. The number of ketones is 1. The SMILES string of the molecule is COc1ccc(-c2ccc3cc(CC(=O)c4ccsc4)ccc3c2)cc1C(N)=O. The average Bonchev–Trinajstić information content (AvgIpc) is 3.28. The molecule has 1 aromatic heterocycles. The number of ether oxygens (including phenoxy) is 1. The Morgan fingerprint density at radius 1 is 0.931 bits per heavy atom. The van der Waals surface area contributed by atoms with Gasteiger partial charge >= 0.3 is 0 Å². The number of thiophene rings is 1. The van der Waals surface area contributed by atoms with Crippen molar-refractivity contribution in [3.63, 3.8) is 0 Å². The van der Waals surface area contributed by atoms with Gasteiger partial charge in [0.1, 0.15) is 5.75 Å². The molecule has 29 heavy (non-hydrogen) atoms. The maximum atomic E-state index is 12.3. The summed E-state index contributed by atoms with van der Waals surface area (Å²) in [6.45, 7) is 0.